The molecule has 0 saturated heterocycles. The van der Waals surface area contributed by atoms with Crippen molar-refractivity contribution in [2.45, 2.75) is 16.7 Å². The maximum absolute atomic E-state index is 9.52. The number of rotatable bonds is 1. The lowest BCUT2D eigenvalue weighted by atomic mass is 9.99. The Kier molecular flexibility index (Phi) is 3.86. The minimum Gasteiger partial charge on any atom is -0.391 e. The summed E-state index contributed by atoms with van der Waals surface area (Å²) in [6, 6.07) is 17.2. The summed E-state index contributed by atoms with van der Waals surface area (Å²) < 4.78 is 1.28. The standard InChI is InChI=1S/C18H14OS3/c1-11-16(10-19)22-18(20-11)17-12-6-2-4-8-14(12)21-15-9-5-3-7-13(15)17/h2-9,19H,10H2,1H3. The lowest BCUT2D eigenvalue weighted by Gasteiger charge is -2.23. The van der Waals surface area contributed by atoms with Crippen molar-refractivity contribution in [3.8, 4) is 0 Å². The fourth-order valence-electron chi connectivity index (χ4n) is 2.65. The molecule has 2 aliphatic heterocycles. The van der Waals surface area contributed by atoms with Gasteiger partial charge in [0.2, 0.25) is 0 Å². The molecule has 0 unspecified atom stereocenters. The first kappa shape index (κ1) is 14.5. The molecule has 0 spiro atoms. The second kappa shape index (κ2) is 5.85. The molecule has 0 saturated carbocycles. The van der Waals surface area contributed by atoms with Crippen molar-refractivity contribution in [1.82, 2.24) is 0 Å². The van der Waals surface area contributed by atoms with Crippen molar-refractivity contribution in [3.05, 3.63) is 73.7 Å². The average Bonchev–Trinajstić information content (AvgIpc) is 2.93. The zero-order valence-corrected chi connectivity index (χ0v) is 14.4. The highest BCUT2D eigenvalue weighted by atomic mass is 32.2. The van der Waals surface area contributed by atoms with Crippen LogP contribution >= 0.6 is 35.3 Å². The van der Waals surface area contributed by atoms with Crippen LogP contribution in [0.2, 0.25) is 0 Å². The number of hydrogen-bond donors (Lipinski definition) is 1. The first-order chi connectivity index (χ1) is 10.8. The summed E-state index contributed by atoms with van der Waals surface area (Å²) >= 11 is 5.34. The summed E-state index contributed by atoms with van der Waals surface area (Å²) in [5, 5.41) is 9.52. The van der Waals surface area contributed by atoms with Gasteiger partial charge < -0.3 is 5.11 Å². The molecular weight excluding hydrogens is 328 g/mol. The third-order valence-corrected chi connectivity index (χ3v) is 7.53. The zero-order valence-electron chi connectivity index (χ0n) is 12.0. The van der Waals surface area contributed by atoms with Gasteiger partial charge in [-0.1, -0.05) is 71.7 Å². The van der Waals surface area contributed by atoms with E-state index in [0.29, 0.717) is 0 Å². The van der Waals surface area contributed by atoms with Gasteiger partial charge in [0.05, 0.1) is 10.8 Å². The smallest absolute Gasteiger partial charge is 0.0752 e. The van der Waals surface area contributed by atoms with Gasteiger partial charge in [0.15, 0.2) is 0 Å². The third-order valence-electron chi connectivity index (χ3n) is 3.73. The molecule has 2 aromatic rings. The Hall–Kier alpha value is -1.07. The third kappa shape index (κ3) is 2.35. The van der Waals surface area contributed by atoms with E-state index < -0.39 is 0 Å². The Bertz CT molecular complexity index is 773. The highest BCUT2D eigenvalue weighted by Crippen LogP contribution is 2.56. The fraction of sp³-hybridized carbons (Fsp3) is 0.111. The molecule has 0 radical (unpaired) electrons. The van der Waals surface area contributed by atoms with E-state index in [1.54, 1.807) is 23.5 Å². The summed E-state index contributed by atoms with van der Waals surface area (Å²) in [5.74, 6) is 0. The Morgan fingerprint density at radius 2 is 1.41 bits per heavy atom. The summed E-state index contributed by atoms with van der Waals surface area (Å²) in [5.41, 5.74) is 3.91. The summed E-state index contributed by atoms with van der Waals surface area (Å²) in [4.78, 5) is 4.89. The van der Waals surface area contributed by atoms with Gasteiger partial charge >= 0.3 is 0 Å². The topological polar surface area (TPSA) is 20.2 Å². The normalized spacial score (nSPS) is 16.8. The molecule has 2 aromatic carbocycles. The maximum Gasteiger partial charge on any atom is 0.0752 e. The second-order valence-corrected chi connectivity index (χ2v) is 8.77. The van der Waals surface area contributed by atoms with Crippen molar-refractivity contribution in [1.29, 1.82) is 0 Å². The number of allylic oxidation sites excluding steroid dienone is 1. The van der Waals surface area contributed by atoms with Crippen LogP contribution < -0.4 is 0 Å². The first-order valence-electron chi connectivity index (χ1n) is 7.05. The van der Waals surface area contributed by atoms with Crippen molar-refractivity contribution < 1.29 is 5.11 Å². The molecule has 0 atom stereocenters. The van der Waals surface area contributed by atoms with E-state index in [-0.39, 0.29) is 6.61 Å². The van der Waals surface area contributed by atoms with Crippen LogP contribution in [0, 0.1) is 0 Å². The van der Waals surface area contributed by atoms with E-state index >= 15 is 0 Å². The van der Waals surface area contributed by atoms with Crippen LogP contribution in [-0.4, -0.2) is 11.7 Å². The largest absolute Gasteiger partial charge is 0.391 e. The molecule has 1 nitrogen and oxygen atoms in total. The van der Waals surface area contributed by atoms with E-state index in [1.165, 1.54) is 35.6 Å². The highest BCUT2D eigenvalue weighted by Gasteiger charge is 2.27. The molecule has 0 fully saturated rings. The minimum absolute atomic E-state index is 0.123. The van der Waals surface area contributed by atoms with E-state index in [2.05, 4.69) is 55.5 Å². The van der Waals surface area contributed by atoms with Gasteiger partial charge in [-0.25, -0.2) is 0 Å². The van der Waals surface area contributed by atoms with Crippen molar-refractivity contribution >= 4 is 40.9 Å². The average molecular weight is 343 g/mol. The van der Waals surface area contributed by atoms with Gasteiger partial charge in [-0.3, -0.25) is 0 Å². The van der Waals surface area contributed by atoms with Crippen LogP contribution in [0.5, 0.6) is 0 Å². The number of hydrogen-bond acceptors (Lipinski definition) is 4. The van der Waals surface area contributed by atoms with E-state index in [1.807, 2.05) is 11.8 Å². The minimum atomic E-state index is 0.123. The highest BCUT2D eigenvalue weighted by molar-refractivity contribution is 8.28. The maximum atomic E-state index is 9.52. The van der Waals surface area contributed by atoms with Crippen LogP contribution in [-0.2, 0) is 0 Å². The molecule has 2 aliphatic rings. The Balaban J connectivity index is 1.93. The number of fused-ring (bicyclic) bond motifs is 2. The molecule has 2 heterocycles. The Morgan fingerprint density at radius 3 is 1.95 bits per heavy atom. The summed E-state index contributed by atoms with van der Waals surface area (Å²) in [7, 11) is 0. The van der Waals surface area contributed by atoms with Crippen LogP contribution in [0.25, 0.3) is 5.57 Å². The molecule has 1 N–H and O–H groups in total. The van der Waals surface area contributed by atoms with E-state index in [9.17, 15) is 5.11 Å². The Labute approximate surface area is 142 Å². The van der Waals surface area contributed by atoms with Crippen molar-refractivity contribution in [2.24, 2.45) is 0 Å². The van der Waals surface area contributed by atoms with Gasteiger partial charge in [0.1, 0.15) is 0 Å². The predicted molar refractivity (Wildman–Crippen MR) is 98.0 cm³/mol. The monoisotopic (exact) mass is 342 g/mol. The van der Waals surface area contributed by atoms with Gasteiger partial charge in [0.25, 0.3) is 0 Å². The number of aliphatic hydroxyl groups excluding tert-OH is 1. The molecule has 0 aromatic heterocycles. The lowest BCUT2D eigenvalue weighted by Crippen LogP contribution is -1.99. The van der Waals surface area contributed by atoms with Crippen LogP contribution in [0.4, 0.5) is 0 Å². The van der Waals surface area contributed by atoms with Gasteiger partial charge in [-0.15, -0.1) is 0 Å². The van der Waals surface area contributed by atoms with Crippen molar-refractivity contribution in [2.75, 3.05) is 6.61 Å². The fourth-order valence-corrected chi connectivity index (χ4v) is 6.37. The quantitative estimate of drug-likeness (QED) is 0.623. The van der Waals surface area contributed by atoms with Crippen LogP contribution in [0.3, 0.4) is 0 Å². The number of thioether (sulfide) groups is 2. The SMILES string of the molecule is CC1=C(CO)SC(=C2c3ccccc3Sc3ccccc32)S1. The van der Waals surface area contributed by atoms with Crippen LogP contribution in [0.15, 0.2) is 72.4 Å². The van der Waals surface area contributed by atoms with Crippen molar-refractivity contribution in [3.63, 3.8) is 0 Å². The molecule has 4 heteroatoms. The lowest BCUT2D eigenvalue weighted by molar-refractivity contribution is 0.339. The van der Waals surface area contributed by atoms with Gasteiger partial charge in [-0.05, 0) is 35.1 Å². The molecule has 0 amide bonds. The van der Waals surface area contributed by atoms with Gasteiger partial charge in [0, 0.05) is 20.3 Å². The Morgan fingerprint density at radius 1 is 0.818 bits per heavy atom. The zero-order chi connectivity index (χ0) is 15.1. The molecule has 0 bridgehead atoms. The predicted octanol–water partition coefficient (Wildman–Crippen LogP) is 5.57. The molecule has 0 aliphatic carbocycles. The molecule has 4 rings (SSSR count). The second-order valence-electron chi connectivity index (χ2n) is 5.10. The molecular formula is C18H14OS3. The van der Waals surface area contributed by atoms with Gasteiger partial charge in [-0.2, -0.15) is 0 Å². The molecule has 110 valence electrons. The summed E-state index contributed by atoms with van der Waals surface area (Å²) in [6.07, 6.45) is 0. The first-order valence-corrected chi connectivity index (χ1v) is 9.50. The van der Waals surface area contributed by atoms with Crippen LogP contribution in [0.1, 0.15) is 18.1 Å². The van der Waals surface area contributed by atoms with E-state index in [0.717, 1.165) is 4.91 Å². The summed E-state index contributed by atoms with van der Waals surface area (Å²) in [6.45, 7) is 2.21. The number of benzene rings is 2. The van der Waals surface area contributed by atoms with E-state index in [4.69, 9.17) is 0 Å². The number of aliphatic hydroxyl groups is 1. The molecule has 22 heavy (non-hydrogen) atoms.